The van der Waals surface area contributed by atoms with Crippen LogP contribution in [-0.2, 0) is 0 Å². The molecule has 0 saturated carbocycles. The van der Waals surface area contributed by atoms with E-state index in [4.69, 9.17) is 5.73 Å². The number of nitrogens with two attached hydrogens (primary N) is 1. The molecule has 0 atom stereocenters. The third-order valence-corrected chi connectivity index (χ3v) is 4.23. The molecule has 1 aliphatic heterocycles. The predicted octanol–water partition coefficient (Wildman–Crippen LogP) is 2.31. The van der Waals surface area contributed by atoms with Crippen molar-refractivity contribution in [3.8, 4) is 0 Å². The van der Waals surface area contributed by atoms with Gasteiger partial charge in [-0.2, -0.15) is 0 Å². The minimum atomic E-state index is -0.215. The number of nitrogens with zero attached hydrogens (tertiary/aromatic N) is 2. The van der Waals surface area contributed by atoms with E-state index in [1.165, 1.54) is 4.90 Å². The molecule has 0 radical (unpaired) electrons. The van der Waals surface area contributed by atoms with Crippen LogP contribution in [0.5, 0.6) is 0 Å². The molecule has 118 valence electrons. The van der Waals surface area contributed by atoms with Crippen LogP contribution < -0.4 is 10.6 Å². The molecule has 2 aromatic carbocycles. The van der Waals surface area contributed by atoms with Crippen molar-refractivity contribution in [2.75, 3.05) is 30.8 Å². The normalized spacial score (nSPS) is 13.4. The van der Waals surface area contributed by atoms with Gasteiger partial charge in [-0.05, 0) is 42.8 Å². The molecule has 0 aliphatic carbocycles. The van der Waals surface area contributed by atoms with Crippen LogP contribution in [0.25, 0.3) is 0 Å². The van der Waals surface area contributed by atoms with Gasteiger partial charge >= 0.3 is 0 Å². The number of rotatable bonds is 4. The lowest BCUT2D eigenvalue weighted by Crippen LogP contribution is -2.37. The van der Waals surface area contributed by atoms with Crippen molar-refractivity contribution in [2.45, 2.75) is 6.92 Å². The number of hydrogen-bond acceptors (Lipinski definition) is 4. The second-order valence-electron chi connectivity index (χ2n) is 5.77. The highest BCUT2D eigenvalue weighted by atomic mass is 16.2. The van der Waals surface area contributed by atoms with E-state index in [9.17, 15) is 9.59 Å². The van der Waals surface area contributed by atoms with Crippen molar-refractivity contribution in [1.82, 2.24) is 4.90 Å². The van der Waals surface area contributed by atoms with E-state index in [2.05, 4.69) is 0 Å². The Balaban J connectivity index is 1.70. The molecule has 23 heavy (non-hydrogen) atoms. The molecular weight excluding hydrogens is 290 g/mol. The van der Waals surface area contributed by atoms with Crippen molar-refractivity contribution in [1.29, 1.82) is 0 Å². The van der Waals surface area contributed by atoms with Gasteiger partial charge in [0.15, 0.2) is 0 Å². The van der Waals surface area contributed by atoms with E-state index in [0.717, 1.165) is 16.9 Å². The molecule has 0 saturated heterocycles. The first-order valence-electron chi connectivity index (χ1n) is 7.51. The molecular formula is C18H19N3O2. The maximum atomic E-state index is 12.3. The summed E-state index contributed by atoms with van der Waals surface area (Å²) in [7, 11) is 1.93. The van der Waals surface area contributed by atoms with Gasteiger partial charge in [-0.25, -0.2) is 0 Å². The average Bonchev–Trinajstić information content (AvgIpc) is 2.80. The fourth-order valence-corrected chi connectivity index (χ4v) is 2.72. The van der Waals surface area contributed by atoms with Crippen LogP contribution in [0.15, 0.2) is 42.5 Å². The Morgan fingerprint density at radius 1 is 1.04 bits per heavy atom. The van der Waals surface area contributed by atoms with Crippen molar-refractivity contribution < 1.29 is 9.59 Å². The van der Waals surface area contributed by atoms with Crippen molar-refractivity contribution in [2.24, 2.45) is 0 Å². The van der Waals surface area contributed by atoms with Crippen LogP contribution in [0.3, 0.4) is 0 Å². The monoisotopic (exact) mass is 309 g/mol. The summed E-state index contributed by atoms with van der Waals surface area (Å²) in [4.78, 5) is 28.0. The number of fused-ring (bicyclic) bond motifs is 1. The number of amides is 2. The highest BCUT2D eigenvalue weighted by molar-refractivity contribution is 6.21. The lowest BCUT2D eigenvalue weighted by Gasteiger charge is -2.23. The van der Waals surface area contributed by atoms with Crippen LogP contribution in [0.2, 0.25) is 0 Å². The largest absolute Gasteiger partial charge is 0.399 e. The minimum Gasteiger partial charge on any atom is -0.399 e. The molecule has 0 unspecified atom stereocenters. The van der Waals surface area contributed by atoms with Gasteiger partial charge in [0.2, 0.25) is 0 Å². The molecule has 1 aliphatic rings. The number of aryl methyl sites for hydroxylation is 1. The number of nitrogen functional groups attached to an aromatic ring is 1. The maximum absolute atomic E-state index is 12.3. The van der Waals surface area contributed by atoms with Crippen molar-refractivity contribution in [3.05, 3.63) is 59.2 Å². The Morgan fingerprint density at radius 2 is 1.65 bits per heavy atom. The Kier molecular flexibility index (Phi) is 3.78. The highest BCUT2D eigenvalue weighted by Gasteiger charge is 2.34. The van der Waals surface area contributed by atoms with Gasteiger partial charge in [-0.15, -0.1) is 0 Å². The first-order valence-corrected chi connectivity index (χ1v) is 7.51. The Morgan fingerprint density at radius 3 is 2.22 bits per heavy atom. The fourth-order valence-electron chi connectivity index (χ4n) is 2.72. The second kappa shape index (κ2) is 5.76. The molecule has 5 heteroatoms. The van der Waals surface area contributed by atoms with Crippen LogP contribution in [-0.4, -0.2) is 36.9 Å². The summed E-state index contributed by atoms with van der Waals surface area (Å²) in [6.07, 6.45) is 0. The quantitative estimate of drug-likeness (QED) is 0.695. The summed E-state index contributed by atoms with van der Waals surface area (Å²) in [6, 6.07) is 12.7. The van der Waals surface area contributed by atoms with E-state index in [-0.39, 0.29) is 11.8 Å². The molecule has 2 N–H and O–H groups in total. The van der Waals surface area contributed by atoms with Gasteiger partial charge in [0.25, 0.3) is 11.8 Å². The van der Waals surface area contributed by atoms with E-state index < -0.39 is 0 Å². The van der Waals surface area contributed by atoms with Crippen LogP contribution in [0.1, 0.15) is 26.3 Å². The van der Waals surface area contributed by atoms with Gasteiger partial charge in [0.05, 0.1) is 11.1 Å². The summed E-state index contributed by atoms with van der Waals surface area (Å²) in [6.45, 7) is 2.87. The molecule has 1 heterocycles. The lowest BCUT2D eigenvalue weighted by atomic mass is 10.1. The van der Waals surface area contributed by atoms with Crippen LogP contribution in [0.4, 0.5) is 11.4 Å². The Labute approximate surface area is 135 Å². The average molecular weight is 309 g/mol. The minimum absolute atomic E-state index is 0.215. The standard InChI is InChI=1S/C18H19N3O2/c1-12-11-13(7-8-16(12)19)20(2)9-10-21-17(22)14-5-3-4-6-15(14)18(21)23/h3-8,11H,9-10,19H2,1-2H3. The van der Waals surface area contributed by atoms with Crippen LogP contribution >= 0.6 is 0 Å². The number of benzene rings is 2. The van der Waals surface area contributed by atoms with Crippen molar-refractivity contribution in [3.63, 3.8) is 0 Å². The fraction of sp³-hybridized carbons (Fsp3) is 0.222. The third-order valence-electron chi connectivity index (χ3n) is 4.23. The molecule has 3 rings (SSSR count). The van der Waals surface area contributed by atoms with E-state index in [1.807, 2.05) is 37.1 Å². The van der Waals surface area contributed by atoms with E-state index >= 15 is 0 Å². The SMILES string of the molecule is Cc1cc(N(C)CCN2C(=O)c3ccccc3C2=O)ccc1N. The molecule has 0 bridgehead atoms. The van der Waals surface area contributed by atoms with Gasteiger partial charge in [0.1, 0.15) is 0 Å². The van der Waals surface area contributed by atoms with Crippen molar-refractivity contribution >= 4 is 23.2 Å². The van der Waals surface area contributed by atoms with E-state index in [1.54, 1.807) is 24.3 Å². The first-order chi connectivity index (χ1) is 11.0. The summed E-state index contributed by atoms with van der Waals surface area (Å²) in [5.74, 6) is -0.431. The molecule has 0 fully saturated rings. The number of carbonyl (C=O) groups excluding carboxylic acids is 2. The molecule has 2 aromatic rings. The Hall–Kier alpha value is -2.82. The smallest absolute Gasteiger partial charge is 0.261 e. The number of anilines is 2. The zero-order valence-corrected chi connectivity index (χ0v) is 13.2. The van der Waals surface area contributed by atoms with E-state index in [0.29, 0.717) is 24.2 Å². The zero-order valence-electron chi connectivity index (χ0n) is 13.2. The predicted molar refractivity (Wildman–Crippen MR) is 90.7 cm³/mol. The lowest BCUT2D eigenvalue weighted by molar-refractivity contribution is 0.0658. The Bertz CT molecular complexity index is 751. The number of hydrogen-bond donors (Lipinski definition) is 1. The zero-order chi connectivity index (χ0) is 16.6. The molecule has 0 aromatic heterocycles. The summed E-state index contributed by atoms with van der Waals surface area (Å²) < 4.78 is 0. The van der Waals surface area contributed by atoms with Gasteiger partial charge < -0.3 is 10.6 Å². The summed E-state index contributed by atoms with van der Waals surface area (Å²) in [5.41, 5.74) is 9.58. The molecule has 5 nitrogen and oxygen atoms in total. The molecule has 0 spiro atoms. The van der Waals surface area contributed by atoms with Gasteiger partial charge in [-0.3, -0.25) is 14.5 Å². The topological polar surface area (TPSA) is 66.6 Å². The first kappa shape index (κ1) is 15.1. The summed E-state index contributed by atoms with van der Waals surface area (Å²) in [5, 5.41) is 0. The number of carbonyl (C=O) groups is 2. The van der Waals surface area contributed by atoms with Gasteiger partial charge in [0, 0.05) is 31.5 Å². The number of imide groups is 1. The number of likely N-dealkylation sites (N-methyl/N-ethyl adjacent to an activating group) is 1. The maximum Gasteiger partial charge on any atom is 0.261 e. The molecule has 2 amide bonds. The highest BCUT2D eigenvalue weighted by Crippen LogP contribution is 2.23. The van der Waals surface area contributed by atoms with Gasteiger partial charge in [-0.1, -0.05) is 12.1 Å². The summed E-state index contributed by atoms with van der Waals surface area (Å²) >= 11 is 0. The third kappa shape index (κ3) is 2.65. The van der Waals surface area contributed by atoms with Crippen LogP contribution in [0, 0.1) is 6.92 Å². The second-order valence-corrected chi connectivity index (χ2v) is 5.77.